The molecule has 0 amide bonds. The number of nitrogen functional groups attached to an aromatic ring is 1. The number of piperidine rings is 1. The largest absolute Gasteiger partial charge is 0.396 e. The smallest absolute Gasteiger partial charge is 0.0741 e. The fraction of sp³-hybridized carbons (Fsp3) is 0.500. The number of nitrogens with two attached hydrogens (primary N) is 1. The molecule has 82 valence electrons. The third-order valence-corrected chi connectivity index (χ3v) is 3.26. The van der Waals surface area contributed by atoms with Gasteiger partial charge in [0.1, 0.15) is 0 Å². The van der Waals surface area contributed by atoms with Gasteiger partial charge in [0.05, 0.1) is 16.4 Å². The number of anilines is 2. The third kappa shape index (κ3) is 2.20. The Kier molecular flexibility index (Phi) is 3.06. The molecular weight excluding hydrogens is 208 g/mol. The van der Waals surface area contributed by atoms with Crippen molar-refractivity contribution in [2.75, 3.05) is 23.7 Å². The molecule has 0 atom stereocenters. The van der Waals surface area contributed by atoms with Crippen LogP contribution >= 0.6 is 11.6 Å². The van der Waals surface area contributed by atoms with Crippen LogP contribution in [0.3, 0.4) is 0 Å². The fourth-order valence-electron chi connectivity index (χ4n) is 2.13. The molecule has 0 saturated carbocycles. The predicted octanol–water partition coefficient (Wildman–Crippen LogP) is 3.22. The number of hydrogen-bond donors (Lipinski definition) is 1. The van der Waals surface area contributed by atoms with E-state index >= 15 is 0 Å². The number of nitrogens with zero attached hydrogens (tertiary/aromatic N) is 1. The summed E-state index contributed by atoms with van der Waals surface area (Å²) in [6, 6.07) is 4.05. The average molecular weight is 225 g/mol. The first-order chi connectivity index (χ1) is 7.18. The van der Waals surface area contributed by atoms with Gasteiger partial charge in [0.15, 0.2) is 0 Å². The summed E-state index contributed by atoms with van der Waals surface area (Å²) in [5, 5.41) is 0.676. The molecule has 0 aromatic heterocycles. The summed E-state index contributed by atoms with van der Waals surface area (Å²) in [5.74, 6) is 0. The maximum Gasteiger partial charge on any atom is 0.0741 e. The van der Waals surface area contributed by atoms with Gasteiger partial charge < -0.3 is 10.6 Å². The topological polar surface area (TPSA) is 29.3 Å². The SMILES string of the molecule is Cc1cc(Cl)c(N)c(N2CCCCC2)c1. The van der Waals surface area contributed by atoms with E-state index in [0.717, 1.165) is 24.5 Å². The molecule has 2 N–H and O–H groups in total. The van der Waals surface area contributed by atoms with Crippen LogP contribution in [0.5, 0.6) is 0 Å². The summed E-state index contributed by atoms with van der Waals surface area (Å²) in [5.41, 5.74) is 9.02. The second-order valence-electron chi connectivity index (χ2n) is 4.23. The highest BCUT2D eigenvalue weighted by Crippen LogP contribution is 2.33. The van der Waals surface area contributed by atoms with E-state index in [1.165, 1.54) is 24.8 Å². The van der Waals surface area contributed by atoms with Gasteiger partial charge >= 0.3 is 0 Å². The molecular formula is C12H17ClN2. The van der Waals surface area contributed by atoms with Gasteiger partial charge in [-0.1, -0.05) is 11.6 Å². The van der Waals surface area contributed by atoms with Gasteiger partial charge in [-0.15, -0.1) is 0 Å². The first kappa shape index (κ1) is 10.6. The van der Waals surface area contributed by atoms with Gasteiger partial charge in [0, 0.05) is 13.1 Å². The molecule has 1 aliphatic heterocycles. The van der Waals surface area contributed by atoms with E-state index in [4.69, 9.17) is 17.3 Å². The minimum atomic E-state index is 0.676. The van der Waals surface area contributed by atoms with Crippen molar-refractivity contribution >= 4 is 23.0 Å². The van der Waals surface area contributed by atoms with Crippen molar-refractivity contribution in [1.82, 2.24) is 0 Å². The van der Waals surface area contributed by atoms with Crippen molar-refractivity contribution in [3.05, 3.63) is 22.7 Å². The molecule has 2 nitrogen and oxygen atoms in total. The molecule has 0 spiro atoms. The molecule has 0 aliphatic carbocycles. The van der Waals surface area contributed by atoms with E-state index in [0.29, 0.717) is 5.02 Å². The monoisotopic (exact) mass is 224 g/mol. The van der Waals surface area contributed by atoms with Gasteiger partial charge in [0.2, 0.25) is 0 Å². The summed E-state index contributed by atoms with van der Waals surface area (Å²) >= 11 is 6.09. The van der Waals surface area contributed by atoms with E-state index in [1.807, 2.05) is 6.07 Å². The van der Waals surface area contributed by atoms with Crippen molar-refractivity contribution in [2.24, 2.45) is 0 Å². The quantitative estimate of drug-likeness (QED) is 0.743. The minimum Gasteiger partial charge on any atom is -0.396 e. The van der Waals surface area contributed by atoms with Crippen molar-refractivity contribution < 1.29 is 0 Å². The first-order valence-corrected chi connectivity index (χ1v) is 5.87. The van der Waals surface area contributed by atoms with Crippen LogP contribution < -0.4 is 10.6 Å². The molecule has 2 rings (SSSR count). The fourth-order valence-corrected chi connectivity index (χ4v) is 2.40. The zero-order valence-corrected chi connectivity index (χ0v) is 9.85. The van der Waals surface area contributed by atoms with Crippen LogP contribution in [0, 0.1) is 6.92 Å². The van der Waals surface area contributed by atoms with Crippen LogP contribution in [0.1, 0.15) is 24.8 Å². The Labute approximate surface area is 96.0 Å². The molecule has 0 bridgehead atoms. The molecule has 1 aliphatic rings. The van der Waals surface area contributed by atoms with Gasteiger partial charge in [-0.3, -0.25) is 0 Å². The maximum atomic E-state index is 6.09. The highest BCUT2D eigenvalue weighted by molar-refractivity contribution is 6.33. The lowest BCUT2D eigenvalue weighted by molar-refractivity contribution is 0.578. The molecule has 1 heterocycles. The van der Waals surface area contributed by atoms with E-state index < -0.39 is 0 Å². The second kappa shape index (κ2) is 4.31. The Hall–Kier alpha value is -0.890. The van der Waals surface area contributed by atoms with E-state index in [2.05, 4.69) is 17.9 Å². The second-order valence-corrected chi connectivity index (χ2v) is 4.63. The summed E-state index contributed by atoms with van der Waals surface area (Å²) in [6.07, 6.45) is 3.84. The molecule has 0 radical (unpaired) electrons. The zero-order chi connectivity index (χ0) is 10.8. The number of rotatable bonds is 1. The van der Waals surface area contributed by atoms with Crippen molar-refractivity contribution in [3.8, 4) is 0 Å². The average Bonchev–Trinajstić information content (AvgIpc) is 2.24. The van der Waals surface area contributed by atoms with Crippen LogP contribution in [0.15, 0.2) is 12.1 Å². The normalized spacial score (nSPS) is 16.8. The van der Waals surface area contributed by atoms with Gasteiger partial charge in [-0.05, 0) is 43.9 Å². The lowest BCUT2D eigenvalue weighted by Crippen LogP contribution is -2.30. The maximum absolute atomic E-state index is 6.09. The Morgan fingerprint density at radius 1 is 1.20 bits per heavy atom. The number of halogens is 1. The molecule has 15 heavy (non-hydrogen) atoms. The highest BCUT2D eigenvalue weighted by atomic mass is 35.5. The Morgan fingerprint density at radius 3 is 2.53 bits per heavy atom. The van der Waals surface area contributed by atoms with E-state index in [1.54, 1.807) is 0 Å². The van der Waals surface area contributed by atoms with Crippen LogP contribution in [-0.4, -0.2) is 13.1 Å². The van der Waals surface area contributed by atoms with E-state index in [9.17, 15) is 0 Å². The highest BCUT2D eigenvalue weighted by Gasteiger charge is 2.15. The van der Waals surface area contributed by atoms with Crippen LogP contribution in [0.25, 0.3) is 0 Å². The molecule has 1 fully saturated rings. The van der Waals surface area contributed by atoms with Crippen LogP contribution in [0.4, 0.5) is 11.4 Å². The van der Waals surface area contributed by atoms with Gasteiger partial charge in [-0.25, -0.2) is 0 Å². The zero-order valence-electron chi connectivity index (χ0n) is 9.09. The first-order valence-electron chi connectivity index (χ1n) is 5.49. The summed E-state index contributed by atoms with van der Waals surface area (Å²) < 4.78 is 0. The van der Waals surface area contributed by atoms with Crippen molar-refractivity contribution in [1.29, 1.82) is 0 Å². The van der Waals surface area contributed by atoms with Crippen molar-refractivity contribution in [2.45, 2.75) is 26.2 Å². The van der Waals surface area contributed by atoms with Gasteiger partial charge in [0.25, 0.3) is 0 Å². The predicted molar refractivity (Wildman–Crippen MR) is 66.7 cm³/mol. The van der Waals surface area contributed by atoms with Crippen LogP contribution in [-0.2, 0) is 0 Å². The number of benzene rings is 1. The molecule has 0 unspecified atom stereocenters. The Bertz CT molecular complexity index is 357. The van der Waals surface area contributed by atoms with Crippen LogP contribution in [0.2, 0.25) is 5.02 Å². The lowest BCUT2D eigenvalue weighted by Gasteiger charge is -2.30. The molecule has 1 aromatic rings. The standard InChI is InChI=1S/C12H17ClN2/c1-9-7-10(13)12(14)11(8-9)15-5-3-2-4-6-15/h7-8H,2-6,14H2,1H3. The van der Waals surface area contributed by atoms with Gasteiger partial charge in [-0.2, -0.15) is 0 Å². The van der Waals surface area contributed by atoms with E-state index in [-0.39, 0.29) is 0 Å². The third-order valence-electron chi connectivity index (χ3n) is 2.95. The minimum absolute atomic E-state index is 0.676. The summed E-state index contributed by atoms with van der Waals surface area (Å²) in [6.45, 7) is 4.26. The molecule has 3 heteroatoms. The summed E-state index contributed by atoms with van der Waals surface area (Å²) in [7, 11) is 0. The Morgan fingerprint density at radius 2 is 1.87 bits per heavy atom. The number of aryl methyl sites for hydroxylation is 1. The van der Waals surface area contributed by atoms with Crippen molar-refractivity contribution in [3.63, 3.8) is 0 Å². The summed E-state index contributed by atoms with van der Waals surface area (Å²) in [4.78, 5) is 2.34. The molecule has 1 aromatic carbocycles. The Balaban J connectivity index is 2.33. The number of hydrogen-bond acceptors (Lipinski definition) is 2. The molecule has 1 saturated heterocycles. The lowest BCUT2D eigenvalue weighted by atomic mass is 10.1.